The average Bonchev–Trinajstić information content (AvgIpc) is 2.38. The van der Waals surface area contributed by atoms with Gasteiger partial charge in [-0.15, -0.1) is 0 Å². The fourth-order valence-electron chi connectivity index (χ4n) is 1.94. The third-order valence-electron chi connectivity index (χ3n) is 2.94. The third-order valence-corrected chi connectivity index (χ3v) is 2.94. The Morgan fingerprint density at radius 2 is 2.05 bits per heavy atom. The van der Waals surface area contributed by atoms with E-state index in [0.717, 1.165) is 6.07 Å². The molecule has 0 bridgehead atoms. The average molecular weight is 286 g/mol. The maximum atomic E-state index is 13.1. The fraction of sp³-hybridized carbons (Fsp3) is 0.385. The van der Waals surface area contributed by atoms with Crippen LogP contribution in [0.15, 0.2) is 23.3 Å². The standard InChI is InChI=1S/C13H13F3N2O2/c1-7(2)9-4-3-8(5-10(9)13(14,15)16)11-6-20-12(19)18-17-11/h3-5,7H,6H2,1-2H3,(H,18,19). The SMILES string of the molecule is CC(C)c1ccc(C2=NNC(=O)OC2)cc1C(F)(F)F. The van der Waals surface area contributed by atoms with E-state index in [4.69, 9.17) is 0 Å². The highest BCUT2D eigenvalue weighted by atomic mass is 19.4. The topological polar surface area (TPSA) is 50.7 Å². The number of nitrogens with one attached hydrogen (secondary N) is 1. The molecule has 1 aliphatic heterocycles. The van der Waals surface area contributed by atoms with E-state index in [1.807, 2.05) is 0 Å². The zero-order valence-corrected chi connectivity index (χ0v) is 10.9. The Morgan fingerprint density at radius 3 is 2.55 bits per heavy atom. The quantitative estimate of drug-likeness (QED) is 0.907. The van der Waals surface area contributed by atoms with E-state index in [2.05, 4.69) is 15.3 Å². The number of nitrogens with zero attached hydrogens (tertiary/aromatic N) is 1. The van der Waals surface area contributed by atoms with E-state index >= 15 is 0 Å². The molecule has 0 aliphatic carbocycles. The van der Waals surface area contributed by atoms with Crippen molar-refractivity contribution in [1.82, 2.24) is 5.43 Å². The lowest BCUT2D eigenvalue weighted by Crippen LogP contribution is -2.31. The minimum atomic E-state index is -4.44. The molecule has 7 heteroatoms. The summed E-state index contributed by atoms with van der Waals surface area (Å²) in [6.45, 7) is 3.25. The highest BCUT2D eigenvalue weighted by molar-refractivity contribution is 6.03. The third kappa shape index (κ3) is 2.92. The van der Waals surface area contributed by atoms with E-state index < -0.39 is 17.8 Å². The molecule has 0 radical (unpaired) electrons. The number of halogens is 3. The van der Waals surface area contributed by atoms with Gasteiger partial charge in [0.1, 0.15) is 12.3 Å². The molecule has 0 aromatic heterocycles. The number of hydrogen-bond donors (Lipinski definition) is 1. The van der Waals surface area contributed by atoms with Crippen molar-refractivity contribution < 1.29 is 22.7 Å². The van der Waals surface area contributed by atoms with E-state index in [0.29, 0.717) is 0 Å². The van der Waals surface area contributed by atoms with Gasteiger partial charge < -0.3 is 4.74 Å². The van der Waals surface area contributed by atoms with Gasteiger partial charge in [0.2, 0.25) is 0 Å². The number of alkyl halides is 3. The Kier molecular flexibility index (Phi) is 3.69. The van der Waals surface area contributed by atoms with Crippen LogP contribution < -0.4 is 5.43 Å². The molecule has 1 aromatic carbocycles. The molecule has 1 heterocycles. The largest absolute Gasteiger partial charge is 0.442 e. The zero-order chi connectivity index (χ0) is 14.9. The number of hydrogen-bond acceptors (Lipinski definition) is 3. The van der Waals surface area contributed by atoms with E-state index in [9.17, 15) is 18.0 Å². The summed E-state index contributed by atoms with van der Waals surface area (Å²) < 4.78 is 43.9. The molecule has 1 N–H and O–H groups in total. The molecule has 0 saturated heterocycles. The van der Waals surface area contributed by atoms with Crippen LogP contribution in [0.1, 0.15) is 36.5 Å². The number of cyclic esters (lactones) is 1. The maximum Gasteiger partial charge on any atom is 0.428 e. The Hall–Kier alpha value is -2.05. The number of hydrazone groups is 1. The summed E-state index contributed by atoms with van der Waals surface area (Å²) >= 11 is 0. The molecule has 2 rings (SSSR count). The van der Waals surface area contributed by atoms with Crippen LogP contribution in [0.2, 0.25) is 0 Å². The second-order valence-corrected chi connectivity index (χ2v) is 4.70. The number of carbonyl (C=O) groups excluding carboxylic acids is 1. The summed E-state index contributed by atoms with van der Waals surface area (Å²) in [5.74, 6) is -0.245. The normalized spacial score (nSPS) is 15.7. The number of carbonyl (C=O) groups is 1. The summed E-state index contributed by atoms with van der Waals surface area (Å²) in [6, 6.07) is 4.01. The van der Waals surface area contributed by atoms with Gasteiger partial charge in [0.25, 0.3) is 0 Å². The van der Waals surface area contributed by atoms with Gasteiger partial charge >= 0.3 is 12.3 Å². The fourth-order valence-corrected chi connectivity index (χ4v) is 1.94. The predicted molar refractivity (Wildman–Crippen MR) is 66.6 cm³/mol. The molecule has 1 aliphatic rings. The first-order valence-corrected chi connectivity index (χ1v) is 6.00. The van der Waals surface area contributed by atoms with Crippen LogP contribution in [0.3, 0.4) is 0 Å². The van der Waals surface area contributed by atoms with Crippen LogP contribution in [0, 0.1) is 0 Å². The second kappa shape index (κ2) is 5.15. The first kappa shape index (κ1) is 14.4. The van der Waals surface area contributed by atoms with Gasteiger partial charge in [-0.1, -0.05) is 26.0 Å². The molecule has 4 nitrogen and oxygen atoms in total. The molecule has 0 saturated carbocycles. The molecule has 20 heavy (non-hydrogen) atoms. The van der Waals surface area contributed by atoms with Crippen molar-refractivity contribution in [3.63, 3.8) is 0 Å². The van der Waals surface area contributed by atoms with Crippen molar-refractivity contribution in [3.8, 4) is 0 Å². The maximum absolute atomic E-state index is 13.1. The van der Waals surface area contributed by atoms with E-state index in [1.54, 1.807) is 19.9 Å². The molecule has 0 atom stereocenters. The summed E-state index contributed by atoms with van der Waals surface area (Å²) in [6.07, 6.45) is -5.15. The zero-order valence-electron chi connectivity index (χ0n) is 10.9. The van der Waals surface area contributed by atoms with Crippen LogP contribution >= 0.6 is 0 Å². The van der Waals surface area contributed by atoms with E-state index in [1.165, 1.54) is 6.07 Å². The molecular formula is C13H13F3N2O2. The van der Waals surface area contributed by atoms with Crippen molar-refractivity contribution in [3.05, 3.63) is 34.9 Å². The number of amides is 1. The van der Waals surface area contributed by atoms with Crippen molar-refractivity contribution >= 4 is 11.8 Å². The van der Waals surface area contributed by atoms with Crippen LogP contribution in [0.5, 0.6) is 0 Å². The minimum absolute atomic E-state index is 0.149. The Bertz CT molecular complexity index is 565. The number of benzene rings is 1. The van der Waals surface area contributed by atoms with Gasteiger partial charge in [0.05, 0.1) is 5.56 Å². The van der Waals surface area contributed by atoms with Gasteiger partial charge in [-0.2, -0.15) is 18.3 Å². The van der Waals surface area contributed by atoms with Gasteiger partial charge in [0.15, 0.2) is 0 Å². The molecule has 1 amide bonds. The first-order valence-electron chi connectivity index (χ1n) is 6.00. The van der Waals surface area contributed by atoms with E-state index in [-0.39, 0.29) is 29.4 Å². The van der Waals surface area contributed by atoms with Crippen molar-refractivity contribution in [2.75, 3.05) is 6.61 Å². The Labute approximate surface area is 113 Å². The lowest BCUT2D eigenvalue weighted by Gasteiger charge is -2.18. The van der Waals surface area contributed by atoms with Crippen LogP contribution in [-0.2, 0) is 10.9 Å². The van der Waals surface area contributed by atoms with Gasteiger partial charge in [0, 0.05) is 5.56 Å². The van der Waals surface area contributed by atoms with Crippen LogP contribution in [-0.4, -0.2) is 18.4 Å². The number of ether oxygens (including phenoxy) is 1. The second-order valence-electron chi connectivity index (χ2n) is 4.70. The summed E-state index contributed by atoms with van der Waals surface area (Å²) in [5, 5.41) is 3.70. The van der Waals surface area contributed by atoms with Gasteiger partial charge in [-0.05, 0) is 17.5 Å². The van der Waals surface area contributed by atoms with Crippen LogP contribution in [0.4, 0.5) is 18.0 Å². The molecule has 0 unspecified atom stereocenters. The van der Waals surface area contributed by atoms with Crippen molar-refractivity contribution in [2.45, 2.75) is 25.9 Å². The molecular weight excluding hydrogens is 273 g/mol. The van der Waals surface area contributed by atoms with Gasteiger partial charge in [-0.25, -0.2) is 10.2 Å². The summed E-state index contributed by atoms with van der Waals surface area (Å²) in [5.41, 5.74) is 2.14. The van der Waals surface area contributed by atoms with Crippen molar-refractivity contribution in [2.24, 2.45) is 5.10 Å². The first-order chi connectivity index (χ1) is 9.29. The number of rotatable bonds is 2. The van der Waals surface area contributed by atoms with Gasteiger partial charge in [-0.3, -0.25) is 0 Å². The molecule has 0 spiro atoms. The van der Waals surface area contributed by atoms with Crippen LogP contribution in [0.25, 0.3) is 0 Å². The van der Waals surface area contributed by atoms with Crippen molar-refractivity contribution in [1.29, 1.82) is 0 Å². The Morgan fingerprint density at radius 1 is 1.35 bits per heavy atom. The lowest BCUT2D eigenvalue weighted by atomic mass is 9.94. The smallest absolute Gasteiger partial charge is 0.428 e. The monoisotopic (exact) mass is 286 g/mol. The molecule has 0 fully saturated rings. The highest BCUT2D eigenvalue weighted by Gasteiger charge is 2.34. The molecule has 108 valence electrons. The lowest BCUT2D eigenvalue weighted by molar-refractivity contribution is -0.138. The summed E-state index contributed by atoms with van der Waals surface area (Å²) in [7, 11) is 0. The Balaban J connectivity index is 2.45. The summed E-state index contributed by atoms with van der Waals surface area (Å²) in [4.78, 5) is 10.8. The minimum Gasteiger partial charge on any atom is -0.442 e. The predicted octanol–water partition coefficient (Wildman–Crippen LogP) is 3.27. The molecule has 1 aromatic rings. The highest BCUT2D eigenvalue weighted by Crippen LogP contribution is 2.35.